The molecule has 18 heavy (non-hydrogen) atoms. The average Bonchev–Trinajstić information content (AvgIpc) is 2.41. The Morgan fingerprint density at radius 3 is 2.78 bits per heavy atom. The van der Waals surface area contributed by atoms with Crippen LogP contribution in [0.15, 0.2) is 18.2 Å². The van der Waals surface area contributed by atoms with Crippen molar-refractivity contribution in [3.05, 3.63) is 29.3 Å². The van der Waals surface area contributed by atoms with E-state index in [9.17, 15) is 0 Å². The third kappa shape index (κ3) is 3.24. The van der Waals surface area contributed by atoms with Gasteiger partial charge in [-0.25, -0.2) is 0 Å². The van der Waals surface area contributed by atoms with Gasteiger partial charge in [-0.05, 0) is 62.4 Å². The van der Waals surface area contributed by atoms with Crippen molar-refractivity contribution in [2.45, 2.75) is 32.2 Å². The maximum Gasteiger partial charge on any atom is 0.122 e. The predicted molar refractivity (Wildman–Crippen MR) is 75.0 cm³/mol. The molecule has 0 bridgehead atoms. The number of benzene rings is 1. The standard InChI is InChI=1S/C15H24N2O/c1-11-3-4-13(15(9-11)18-2)10-14(16)12-5-7-17-8-6-12/h3-4,9,12,14,17H,5-8,10,16H2,1-2H3. The van der Waals surface area contributed by atoms with Crippen LogP contribution in [-0.2, 0) is 6.42 Å². The summed E-state index contributed by atoms with van der Waals surface area (Å²) in [7, 11) is 1.73. The summed E-state index contributed by atoms with van der Waals surface area (Å²) in [5.74, 6) is 1.61. The van der Waals surface area contributed by atoms with E-state index in [0.29, 0.717) is 5.92 Å². The Balaban J connectivity index is 2.03. The van der Waals surface area contributed by atoms with Crippen molar-refractivity contribution in [3.8, 4) is 5.75 Å². The molecule has 1 fully saturated rings. The molecule has 1 aliphatic heterocycles. The summed E-state index contributed by atoms with van der Waals surface area (Å²) in [6.07, 6.45) is 3.29. The van der Waals surface area contributed by atoms with Gasteiger partial charge < -0.3 is 15.8 Å². The van der Waals surface area contributed by atoms with Crippen molar-refractivity contribution in [1.82, 2.24) is 5.32 Å². The van der Waals surface area contributed by atoms with Crippen molar-refractivity contribution in [1.29, 1.82) is 0 Å². The first-order chi connectivity index (χ1) is 8.70. The number of hydrogen-bond donors (Lipinski definition) is 2. The van der Waals surface area contributed by atoms with Crippen LogP contribution in [0.3, 0.4) is 0 Å². The third-order valence-electron chi connectivity index (χ3n) is 3.89. The van der Waals surface area contributed by atoms with Gasteiger partial charge in [-0.15, -0.1) is 0 Å². The quantitative estimate of drug-likeness (QED) is 0.855. The number of nitrogens with one attached hydrogen (secondary N) is 1. The molecule has 1 saturated heterocycles. The summed E-state index contributed by atoms with van der Waals surface area (Å²) in [5, 5.41) is 3.38. The minimum atomic E-state index is 0.240. The molecular formula is C15H24N2O. The lowest BCUT2D eigenvalue weighted by Gasteiger charge is -2.28. The van der Waals surface area contributed by atoms with Crippen molar-refractivity contribution in [2.75, 3.05) is 20.2 Å². The molecule has 0 aromatic heterocycles. The first-order valence-electron chi connectivity index (χ1n) is 6.80. The van der Waals surface area contributed by atoms with E-state index in [1.54, 1.807) is 7.11 Å². The minimum absolute atomic E-state index is 0.240. The zero-order valence-corrected chi connectivity index (χ0v) is 11.4. The van der Waals surface area contributed by atoms with Crippen LogP contribution in [0.1, 0.15) is 24.0 Å². The van der Waals surface area contributed by atoms with Crippen LogP contribution < -0.4 is 15.8 Å². The number of aryl methyl sites for hydroxylation is 1. The number of nitrogens with two attached hydrogens (primary N) is 1. The highest BCUT2D eigenvalue weighted by molar-refractivity contribution is 5.37. The second kappa shape index (κ2) is 6.21. The van der Waals surface area contributed by atoms with Crippen LogP contribution in [0.4, 0.5) is 0 Å². The third-order valence-corrected chi connectivity index (χ3v) is 3.89. The Kier molecular flexibility index (Phi) is 4.61. The average molecular weight is 248 g/mol. The molecule has 1 aromatic carbocycles. The van der Waals surface area contributed by atoms with Crippen molar-refractivity contribution in [3.63, 3.8) is 0 Å². The molecule has 1 aromatic rings. The first kappa shape index (κ1) is 13.4. The Morgan fingerprint density at radius 2 is 2.11 bits per heavy atom. The van der Waals surface area contributed by atoms with Crippen LogP contribution in [-0.4, -0.2) is 26.2 Å². The number of methoxy groups -OCH3 is 1. The maximum absolute atomic E-state index is 6.36. The molecule has 0 spiro atoms. The number of ether oxygens (including phenoxy) is 1. The van der Waals surface area contributed by atoms with Gasteiger partial charge in [-0.2, -0.15) is 0 Å². The van der Waals surface area contributed by atoms with E-state index < -0.39 is 0 Å². The smallest absolute Gasteiger partial charge is 0.122 e. The Morgan fingerprint density at radius 1 is 1.39 bits per heavy atom. The summed E-state index contributed by atoms with van der Waals surface area (Å²) in [4.78, 5) is 0. The molecule has 1 heterocycles. The van der Waals surface area contributed by atoms with E-state index in [4.69, 9.17) is 10.5 Å². The lowest BCUT2D eigenvalue weighted by Crippen LogP contribution is -2.39. The number of piperidine rings is 1. The highest BCUT2D eigenvalue weighted by atomic mass is 16.5. The molecule has 0 radical (unpaired) electrons. The van der Waals surface area contributed by atoms with Crippen LogP contribution in [0.2, 0.25) is 0 Å². The van der Waals surface area contributed by atoms with Crippen molar-refractivity contribution < 1.29 is 4.74 Å². The van der Waals surface area contributed by atoms with Gasteiger partial charge in [0.25, 0.3) is 0 Å². The molecule has 3 N–H and O–H groups in total. The van der Waals surface area contributed by atoms with Crippen molar-refractivity contribution in [2.24, 2.45) is 11.7 Å². The SMILES string of the molecule is COc1cc(C)ccc1CC(N)C1CCNCC1. The van der Waals surface area contributed by atoms with Gasteiger partial charge in [-0.3, -0.25) is 0 Å². The molecular weight excluding hydrogens is 224 g/mol. The molecule has 3 nitrogen and oxygen atoms in total. The number of hydrogen-bond acceptors (Lipinski definition) is 3. The van der Waals surface area contributed by atoms with E-state index in [1.165, 1.54) is 24.0 Å². The highest BCUT2D eigenvalue weighted by Crippen LogP contribution is 2.24. The van der Waals surface area contributed by atoms with E-state index in [2.05, 4.69) is 30.4 Å². The largest absolute Gasteiger partial charge is 0.496 e. The van der Waals surface area contributed by atoms with Gasteiger partial charge in [0.15, 0.2) is 0 Å². The zero-order chi connectivity index (χ0) is 13.0. The van der Waals surface area contributed by atoms with Crippen LogP contribution >= 0.6 is 0 Å². The molecule has 1 atom stereocenters. The maximum atomic E-state index is 6.36. The second-order valence-corrected chi connectivity index (χ2v) is 5.27. The van der Waals surface area contributed by atoms with Crippen LogP contribution in [0.5, 0.6) is 5.75 Å². The van der Waals surface area contributed by atoms with E-state index in [0.717, 1.165) is 25.3 Å². The predicted octanol–water partition coefficient (Wildman–Crippen LogP) is 1.87. The summed E-state index contributed by atoms with van der Waals surface area (Å²) < 4.78 is 5.45. The van der Waals surface area contributed by atoms with Crippen LogP contribution in [0.25, 0.3) is 0 Å². The minimum Gasteiger partial charge on any atom is -0.496 e. The Hall–Kier alpha value is -1.06. The fraction of sp³-hybridized carbons (Fsp3) is 0.600. The summed E-state index contributed by atoms with van der Waals surface area (Å²) >= 11 is 0. The molecule has 0 aliphatic carbocycles. The number of rotatable bonds is 4. The molecule has 0 amide bonds. The fourth-order valence-corrected chi connectivity index (χ4v) is 2.71. The van der Waals surface area contributed by atoms with E-state index in [-0.39, 0.29) is 6.04 Å². The lowest BCUT2D eigenvalue weighted by atomic mass is 9.87. The molecule has 2 rings (SSSR count). The van der Waals surface area contributed by atoms with E-state index in [1.807, 2.05) is 0 Å². The summed E-state index contributed by atoms with van der Waals surface area (Å²) in [6.45, 7) is 4.28. The fourth-order valence-electron chi connectivity index (χ4n) is 2.71. The topological polar surface area (TPSA) is 47.3 Å². The van der Waals surface area contributed by atoms with Crippen LogP contribution in [0, 0.1) is 12.8 Å². The molecule has 100 valence electrons. The van der Waals surface area contributed by atoms with Gasteiger partial charge in [0.1, 0.15) is 5.75 Å². The highest BCUT2D eigenvalue weighted by Gasteiger charge is 2.21. The van der Waals surface area contributed by atoms with Gasteiger partial charge >= 0.3 is 0 Å². The van der Waals surface area contributed by atoms with Crippen molar-refractivity contribution >= 4 is 0 Å². The first-order valence-corrected chi connectivity index (χ1v) is 6.80. The van der Waals surface area contributed by atoms with Gasteiger partial charge in [0.2, 0.25) is 0 Å². The molecule has 1 unspecified atom stereocenters. The molecule has 0 saturated carbocycles. The van der Waals surface area contributed by atoms with Gasteiger partial charge in [0, 0.05) is 6.04 Å². The van der Waals surface area contributed by atoms with Gasteiger partial charge in [0.05, 0.1) is 7.11 Å². The Labute approximate surface area is 110 Å². The summed E-state index contributed by atoms with van der Waals surface area (Å²) in [5.41, 5.74) is 8.82. The lowest BCUT2D eigenvalue weighted by molar-refractivity contribution is 0.314. The second-order valence-electron chi connectivity index (χ2n) is 5.27. The summed E-state index contributed by atoms with van der Waals surface area (Å²) in [6, 6.07) is 6.61. The Bertz CT molecular complexity index is 386. The van der Waals surface area contributed by atoms with E-state index >= 15 is 0 Å². The van der Waals surface area contributed by atoms with Gasteiger partial charge in [-0.1, -0.05) is 12.1 Å². The molecule has 1 aliphatic rings. The monoisotopic (exact) mass is 248 g/mol. The molecule has 3 heteroatoms. The normalized spacial score (nSPS) is 18.6. The zero-order valence-electron chi connectivity index (χ0n) is 11.4.